The molecular formula is C24H27F3N4O4S. The van der Waals surface area contributed by atoms with Crippen molar-refractivity contribution in [2.75, 3.05) is 0 Å². The Labute approximate surface area is 207 Å². The molecule has 1 N–H and O–H groups in total. The molecule has 1 aromatic heterocycles. The van der Waals surface area contributed by atoms with Crippen LogP contribution in [-0.4, -0.2) is 47.1 Å². The summed E-state index contributed by atoms with van der Waals surface area (Å²) < 4.78 is 76.5. The van der Waals surface area contributed by atoms with E-state index in [-0.39, 0.29) is 24.5 Å². The maximum Gasteiger partial charge on any atom is 0.417 e. The molecule has 12 heteroatoms. The number of amides is 1. The summed E-state index contributed by atoms with van der Waals surface area (Å²) in [5.74, 6) is -1.41. The van der Waals surface area contributed by atoms with E-state index in [1.54, 1.807) is 20.9 Å². The first-order valence-corrected chi connectivity index (χ1v) is 13.1. The minimum absolute atomic E-state index is 0.125. The standard InChI is InChI=1S/C24H27F3N4O4S/c1-14(2)35-20-10-17(9-18(20)22(32)30-23(13-28)6-7-23)36(33,34)21-5-4-15(8-19(21)24(25,26)27)16-11-29-31(3)12-16/h4-5,8,11-12,14,17-18,20H,6-7,9-10H2,1-3H3,(H,30,32)/t17?,18?,20-/m1/s1. The van der Waals surface area contributed by atoms with Gasteiger partial charge in [-0.3, -0.25) is 9.48 Å². The second-order valence-electron chi connectivity index (χ2n) is 9.76. The van der Waals surface area contributed by atoms with Gasteiger partial charge in [0.05, 0.1) is 46.1 Å². The quantitative estimate of drug-likeness (QED) is 0.592. The van der Waals surface area contributed by atoms with Crippen molar-refractivity contribution in [3.8, 4) is 17.2 Å². The van der Waals surface area contributed by atoms with Crippen LogP contribution in [0.25, 0.3) is 11.1 Å². The van der Waals surface area contributed by atoms with Gasteiger partial charge in [0.15, 0.2) is 9.84 Å². The molecule has 0 spiro atoms. The van der Waals surface area contributed by atoms with Gasteiger partial charge in [-0.1, -0.05) is 6.07 Å². The predicted molar refractivity (Wildman–Crippen MR) is 123 cm³/mol. The number of rotatable bonds is 7. The van der Waals surface area contributed by atoms with Crippen LogP contribution >= 0.6 is 0 Å². The van der Waals surface area contributed by atoms with Crippen LogP contribution in [0, 0.1) is 17.2 Å². The van der Waals surface area contributed by atoms with Crippen molar-refractivity contribution in [3.05, 3.63) is 36.2 Å². The van der Waals surface area contributed by atoms with Gasteiger partial charge in [0, 0.05) is 18.8 Å². The van der Waals surface area contributed by atoms with Gasteiger partial charge in [-0.25, -0.2) is 8.42 Å². The van der Waals surface area contributed by atoms with Crippen LogP contribution in [0.1, 0.15) is 45.1 Å². The van der Waals surface area contributed by atoms with E-state index in [0.29, 0.717) is 18.4 Å². The van der Waals surface area contributed by atoms with Gasteiger partial charge < -0.3 is 10.1 Å². The third-order valence-corrected chi connectivity index (χ3v) is 8.87. The summed E-state index contributed by atoms with van der Waals surface area (Å²) in [4.78, 5) is 12.1. The van der Waals surface area contributed by atoms with E-state index in [1.807, 2.05) is 0 Å². The van der Waals surface area contributed by atoms with E-state index in [9.17, 15) is 31.6 Å². The third-order valence-electron chi connectivity index (χ3n) is 6.64. The number of halogens is 3. The Morgan fingerprint density at radius 3 is 2.50 bits per heavy atom. The smallest absolute Gasteiger partial charge is 0.375 e. The van der Waals surface area contributed by atoms with E-state index in [4.69, 9.17) is 4.74 Å². The van der Waals surface area contributed by atoms with Crippen molar-refractivity contribution in [3.63, 3.8) is 0 Å². The van der Waals surface area contributed by atoms with Crippen LogP contribution in [0.2, 0.25) is 0 Å². The third kappa shape index (κ3) is 5.13. The molecule has 36 heavy (non-hydrogen) atoms. The van der Waals surface area contributed by atoms with Crippen molar-refractivity contribution < 1.29 is 31.1 Å². The number of nitrogens with one attached hydrogen (secondary N) is 1. The van der Waals surface area contributed by atoms with Gasteiger partial charge in [-0.2, -0.15) is 23.5 Å². The largest absolute Gasteiger partial charge is 0.417 e. The number of nitriles is 1. The molecule has 0 aliphatic heterocycles. The molecule has 2 aromatic rings. The first kappa shape index (κ1) is 26.2. The molecule has 2 saturated carbocycles. The fourth-order valence-electron chi connectivity index (χ4n) is 4.63. The molecule has 0 radical (unpaired) electrons. The Bertz CT molecular complexity index is 1310. The number of carbonyl (C=O) groups is 1. The fraction of sp³-hybridized carbons (Fsp3) is 0.542. The highest BCUT2D eigenvalue weighted by molar-refractivity contribution is 7.92. The SMILES string of the molecule is CC(C)O[C@@H]1CC(S(=O)(=O)c2ccc(-c3cnn(C)c3)cc2C(F)(F)F)CC1C(=O)NC1(C#N)CC1. The number of hydrogen-bond donors (Lipinski definition) is 1. The highest BCUT2D eigenvalue weighted by atomic mass is 32.2. The van der Waals surface area contributed by atoms with E-state index in [1.165, 1.54) is 23.1 Å². The number of aromatic nitrogens is 2. The molecule has 0 saturated heterocycles. The highest BCUT2D eigenvalue weighted by Gasteiger charge is 2.51. The number of alkyl halides is 3. The Hall–Kier alpha value is -2.91. The number of ether oxygens (including phenoxy) is 1. The first-order chi connectivity index (χ1) is 16.8. The molecule has 8 nitrogen and oxygen atoms in total. The van der Waals surface area contributed by atoms with Crippen LogP contribution in [0.3, 0.4) is 0 Å². The van der Waals surface area contributed by atoms with Crippen LogP contribution in [0.5, 0.6) is 0 Å². The predicted octanol–water partition coefficient (Wildman–Crippen LogP) is 3.62. The van der Waals surface area contributed by atoms with Gasteiger partial charge in [0.25, 0.3) is 0 Å². The molecule has 4 rings (SSSR count). The lowest BCUT2D eigenvalue weighted by molar-refractivity contribution is -0.139. The van der Waals surface area contributed by atoms with Gasteiger partial charge in [0.2, 0.25) is 5.91 Å². The van der Waals surface area contributed by atoms with Crippen LogP contribution in [0.15, 0.2) is 35.5 Å². The summed E-state index contributed by atoms with van der Waals surface area (Å²) in [6, 6.07) is 5.16. The highest BCUT2D eigenvalue weighted by Crippen LogP contribution is 2.43. The topological polar surface area (TPSA) is 114 Å². The zero-order valence-corrected chi connectivity index (χ0v) is 20.9. The molecule has 0 bridgehead atoms. The Balaban J connectivity index is 1.67. The van der Waals surface area contributed by atoms with Crippen molar-refractivity contribution in [2.45, 2.75) is 73.6 Å². The molecule has 3 atom stereocenters. The number of benzene rings is 1. The van der Waals surface area contributed by atoms with E-state index in [0.717, 1.165) is 12.1 Å². The summed E-state index contributed by atoms with van der Waals surface area (Å²) in [7, 11) is -2.86. The molecule has 1 aromatic carbocycles. The first-order valence-electron chi connectivity index (χ1n) is 11.6. The molecular weight excluding hydrogens is 497 g/mol. The number of hydrogen-bond acceptors (Lipinski definition) is 6. The summed E-state index contributed by atoms with van der Waals surface area (Å²) in [6.45, 7) is 3.46. The lowest BCUT2D eigenvalue weighted by atomic mass is 10.0. The number of sulfone groups is 1. The van der Waals surface area contributed by atoms with Gasteiger partial charge in [-0.15, -0.1) is 0 Å². The average molecular weight is 525 g/mol. The average Bonchev–Trinajstić information content (AvgIpc) is 3.21. The maximum absolute atomic E-state index is 14.0. The van der Waals surface area contributed by atoms with Crippen molar-refractivity contribution in [1.29, 1.82) is 5.26 Å². The molecule has 2 aliphatic rings. The zero-order valence-electron chi connectivity index (χ0n) is 20.0. The van der Waals surface area contributed by atoms with E-state index < -0.39 is 55.2 Å². The molecule has 1 heterocycles. The van der Waals surface area contributed by atoms with Crippen molar-refractivity contribution in [2.24, 2.45) is 13.0 Å². The number of nitrogens with zero attached hydrogens (tertiary/aromatic N) is 3. The molecule has 1 amide bonds. The second kappa shape index (κ2) is 9.19. The van der Waals surface area contributed by atoms with Crippen LogP contribution in [-0.2, 0) is 32.6 Å². The monoisotopic (exact) mass is 524 g/mol. The second-order valence-corrected chi connectivity index (χ2v) is 12.0. The summed E-state index contributed by atoms with van der Waals surface area (Å²) in [5, 5.41) is 14.7. The minimum atomic E-state index is -4.92. The van der Waals surface area contributed by atoms with Crippen LogP contribution in [0.4, 0.5) is 13.2 Å². The molecule has 2 unspecified atom stereocenters. The number of carbonyl (C=O) groups excluding carboxylic acids is 1. The van der Waals surface area contributed by atoms with Gasteiger partial charge in [-0.05, 0) is 57.2 Å². The van der Waals surface area contributed by atoms with E-state index in [2.05, 4.69) is 16.5 Å². The summed E-state index contributed by atoms with van der Waals surface area (Å²) in [5.41, 5.74) is -1.62. The normalized spacial score (nSPS) is 23.4. The van der Waals surface area contributed by atoms with Crippen molar-refractivity contribution in [1.82, 2.24) is 15.1 Å². The lowest BCUT2D eigenvalue weighted by Crippen LogP contribution is -2.43. The Morgan fingerprint density at radius 2 is 1.97 bits per heavy atom. The maximum atomic E-state index is 14.0. The molecule has 2 fully saturated rings. The molecule has 2 aliphatic carbocycles. The molecule has 194 valence electrons. The summed E-state index contributed by atoms with van der Waals surface area (Å²) >= 11 is 0. The minimum Gasteiger partial charge on any atom is -0.375 e. The zero-order chi connectivity index (χ0) is 26.5. The van der Waals surface area contributed by atoms with Gasteiger partial charge in [0.1, 0.15) is 5.54 Å². The number of aryl methyl sites for hydroxylation is 1. The fourth-order valence-corrected chi connectivity index (χ4v) is 6.63. The Morgan fingerprint density at radius 1 is 1.28 bits per heavy atom. The van der Waals surface area contributed by atoms with E-state index >= 15 is 0 Å². The van der Waals surface area contributed by atoms with Crippen molar-refractivity contribution >= 4 is 15.7 Å². The summed E-state index contributed by atoms with van der Waals surface area (Å²) in [6.07, 6.45) is -2.46. The van der Waals surface area contributed by atoms with Gasteiger partial charge >= 0.3 is 6.18 Å². The van der Waals surface area contributed by atoms with Crippen LogP contribution < -0.4 is 5.32 Å². The Kier molecular flexibility index (Phi) is 6.68. The lowest BCUT2D eigenvalue weighted by Gasteiger charge is -2.22.